The van der Waals surface area contributed by atoms with Crippen molar-refractivity contribution in [3.63, 3.8) is 0 Å². The number of aryl methyl sites for hydroxylation is 1. The fourth-order valence-corrected chi connectivity index (χ4v) is 2.65. The number of nitrogens with zero attached hydrogens (tertiary/aromatic N) is 1. The summed E-state index contributed by atoms with van der Waals surface area (Å²) < 4.78 is 0. The van der Waals surface area contributed by atoms with Crippen molar-refractivity contribution in [3.8, 4) is 0 Å². The van der Waals surface area contributed by atoms with Gasteiger partial charge in [0.2, 0.25) is 5.91 Å². The van der Waals surface area contributed by atoms with E-state index < -0.39 is 5.69 Å². The van der Waals surface area contributed by atoms with Crippen LogP contribution in [0.5, 0.6) is 0 Å². The Labute approximate surface area is 114 Å². The van der Waals surface area contributed by atoms with E-state index in [-0.39, 0.29) is 17.4 Å². The number of hydrogen-bond acceptors (Lipinski definition) is 5. The molecule has 0 aromatic carbocycles. The smallest absolute Gasteiger partial charge is 0.346 e. The Hall–Kier alpha value is -1.63. The van der Waals surface area contributed by atoms with Gasteiger partial charge in [0.1, 0.15) is 5.03 Å². The summed E-state index contributed by atoms with van der Waals surface area (Å²) in [7, 11) is 0. The lowest BCUT2D eigenvalue weighted by atomic mass is 10.2. The highest BCUT2D eigenvalue weighted by atomic mass is 32.2. The van der Waals surface area contributed by atoms with Gasteiger partial charge in [0, 0.05) is 11.7 Å². The summed E-state index contributed by atoms with van der Waals surface area (Å²) in [6.07, 6.45) is 2.05. The summed E-state index contributed by atoms with van der Waals surface area (Å²) in [5.74, 6) is -0.111. The van der Waals surface area contributed by atoms with E-state index in [1.165, 1.54) is 6.92 Å². The number of carbonyl (C=O) groups excluding carboxylic acids is 2. The fraction of sp³-hybridized carbons (Fsp3) is 0.500. The second kappa shape index (κ2) is 5.56. The SMILES string of the molecule is CC(=O)c1c(SCC(=O)NC2CC2)nc(=O)[nH]c1C. The first-order valence-corrected chi connectivity index (χ1v) is 7.00. The highest BCUT2D eigenvalue weighted by Crippen LogP contribution is 2.22. The molecule has 1 aliphatic rings. The van der Waals surface area contributed by atoms with Gasteiger partial charge in [0.05, 0.1) is 11.3 Å². The zero-order valence-electron chi connectivity index (χ0n) is 10.8. The molecule has 2 N–H and O–H groups in total. The minimum atomic E-state index is -0.507. The standard InChI is InChI=1S/C12H15N3O3S/c1-6-10(7(2)16)11(15-12(18)13-6)19-5-9(17)14-8-3-4-8/h8H,3-5H2,1-2H3,(H,14,17)(H,13,15,18). The van der Waals surface area contributed by atoms with Gasteiger partial charge >= 0.3 is 5.69 Å². The van der Waals surface area contributed by atoms with Crippen LogP contribution in [0.1, 0.15) is 35.8 Å². The molecule has 0 bridgehead atoms. The largest absolute Gasteiger partial charge is 0.353 e. The summed E-state index contributed by atoms with van der Waals surface area (Å²) >= 11 is 1.12. The maximum atomic E-state index is 11.6. The van der Waals surface area contributed by atoms with E-state index >= 15 is 0 Å². The lowest BCUT2D eigenvalue weighted by molar-refractivity contribution is -0.118. The van der Waals surface area contributed by atoms with Gasteiger partial charge < -0.3 is 10.3 Å². The lowest BCUT2D eigenvalue weighted by Gasteiger charge is -2.08. The first-order valence-electron chi connectivity index (χ1n) is 6.01. The number of carbonyl (C=O) groups is 2. The summed E-state index contributed by atoms with van der Waals surface area (Å²) in [4.78, 5) is 40.7. The van der Waals surface area contributed by atoms with Crippen LogP contribution in [-0.2, 0) is 4.79 Å². The molecule has 102 valence electrons. The van der Waals surface area contributed by atoms with Crippen molar-refractivity contribution in [1.82, 2.24) is 15.3 Å². The molecule has 1 fully saturated rings. The highest BCUT2D eigenvalue weighted by molar-refractivity contribution is 8.00. The van der Waals surface area contributed by atoms with Crippen molar-refractivity contribution in [2.45, 2.75) is 37.8 Å². The number of hydrogen-bond donors (Lipinski definition) is 2. The Bertz CT molecular complexity index is 578. The van der Waals surface area contributed by atoms with Crippen LogP contribution in [0.3, 0.4) is 0 Å². The van der Waals surface area contributed by atoms with Crippen LogP contribution >= 0.6 is 11.8 Å². The number of rotatable bonds is 5. The number of aromatic nitrogens is 2. The molecule has 0 spiro atoms. The van der Waals surface area contributed by atoms with Gasteiger partial charge in [-0.3, -0.25) is 9.59 Å². The number of H-pyrrole nitrogens is 1. The highest BCUT2D eigenvalue weighted by Gasteiger charge is 2.23. The first kappa shape index (κ1) is 13.8. The normalized spacial score (nSPS) is 14.2. The Kier molecular flexibility index (Phi) is 4.04. The van der Waals surface area contributed by atoms with Crippen molar-refractivity contribution < 1.29 is 9.59 Å². The summed E-state index contributed by atoms with van der Waals surface area (Å²) in [6, 6.07) is 0.300. The van der Waals surface area contributed by atoms with Crippen molar-refractivity contribution in [2.24, 2.45) is 0 Å². The third-order valence-corrected chi connectivity index (χ3v) is 3.70. The molecule has 1 heterocycles. The number of thioether (sulfide) groups is 1. The van der Waals surface area contributed by atoms with E-state index in [1.807, 2.05) is 0 Å². The molecule has 0 saturated heterocycles. The molecule has 1 amide bonds. The molecular formula is C12H15N3O3S. The fourth-order valence-electron chi connectivity index (χ4n) is 1.71. The summed E-state index contributed by atoms with van der Waals surface area (Å²) in [6.45, 7) is 3.06. The van der Waals surface area contributed by atoms with Crippen LogP contribution in [0.25, 0.3) is 0 Å². The topological polar surface area (TPSA) is 91.9 Å². The van der Waals surface area contributed by atoms with Crippen LogP contribution in [0.2, 0.25) is 0 Å². The number of amides is 1. The Balaban J connectivity index is 2.11. The molecule has 0 atom stereocenters. The van der Waals surface area contributed by atoms with Crippen LogP contribution in [0.15, 0.2) is 9.82 Å². The Morgan fingerprint density at radius 1 is 1.47 bits per heavy atom. The summed E-state index contributed by atoms with van der Waals surface area (Å²) in [5.41, 5.74) is 0.356. The summed E-state index contributed by atoms with van der Waals surface area (Å²) in [5, 5.41) is 3.16. The number of aromatic amines is 1. The second-order valence-corrected chi connectivity index (χ2v) is 5.50. The van der Waals surface area contributed by atoms with Gasteiger partial charge in [-0.1, -0.05) is 11.8 Å². The number of Topliss-reactive ketones (excluding diaryl/α,β-unsaturated/α-hetero) is 1. The molecule has 1 aromatic rings. The minimum absolute atomic E-state index is 0.0956. The Morgan fingerprint density at radius 3 is 2.74 bits per heavy atom. The molecule has 1 aromatic heterocycles. The van der Waals surface area contributed by atoms with Gasteiger partial charge in [-0.25, -0.2) is 4.79 Å². The molecular weight excluding hydrogens is 266 g/mol. The van der Waals surface area contributed by atoms with Gasteiger partial charge in [-0.15, -0.1) is 0 Å². The molecule has 1 aliphatic carbocycles. The van der Waals surface area contributed by atoms with Crippen molar-refractivity contribution in [2.75, 3.05) is 5.75 Å². The lowest BCUT2D eigenvalue weighted by Crippen LogP contribution is -2.27. The molecule has 0 radical (unpaired) electrons. The predicted octanol–water partition coefficient (Wildman–Crippen LogP) is 0.652. The number of nitrogens with one attached hydrogen (secondary N) is 2. The van der Waals surface area contributed by atoms with E-state index in [0.29, 0.717) is 22.3 Å². The van der Waals surface area contributed by atoms with Crippen LogP contribution in [0.4, 0.5) is 0 Å². The predicted molar refractivity (Wildman–Crippen MR) is 71.5 cm³/mol. The van der Waals surface area contributed by atoms with Gasteiger partial charge in [-0.05, 0) is 26.7 Å². The third-order valence-electron chi connectivity index (χ3n) is 2.72. The van der Waals surface area contributed by atoms with E-state index in [2.05, 4.69) is 15.3 Å². The van der Waals surface area contributed by atoms with Gasteiger partial charge in [0.25, 0.3) is 0 Å². The van der Waals surface area contributed by atoms with E-state index in [4.69, 9.17) is 0 Å². The molecule has 7 heteroatoms. The quantitative estimate of drug-likeness (QED) is 0.470. The third kappa shape index (κ3) is 3.66. The maximum Gasteiger partial charge on any atom is 0.346 e. The van der Waals surface area contributed by atoms with Gasteiger partial charge in [0.15, 0.2) is 5.78 Å². The van der Waals surface area contributed by atoms with E-state index in [9.17, 15) is 14.4 Å². The Morgan fingerprint density at radius 2 is 2.16 bits per heavy atom. The minimum Gasteiger partial charge on any atom is -0.353 e. The van der Waals surface area contributed by atoms with Crippen molar-refractivity contribution >= 4 is 23.5 Å². The van der Waals surface area contributed by atoms with Crippen molar-refractivity contribution in [3.05, 3.63) is 21.7 Å². The van der Waals surface area contributed by atoms with Crippen LogP contribution < -0.4 is 11.0 Å². The van der Waals surface area contributed by atoms with E-state index in [1.54, 1.807) is 6.92 Å². The average Bonchev–Trinajstić information content (AvgIpc) is 3.08. The number of ketones is 1. The molecule has 2 rings (SSSR count). The molecule has 0 unspecified atom stereocenters. The zero-order chi connectivity index (χ0) is 14.0. The first-order chi connectivity index (χ1) is 8.97. The van der Waals surface area contributed by atoms with Crippen LogP contribution in [0, 0.1) is 6.92 Å². The zero-order valence-corrected chi connectivity index (χ0v) is 11.6. The monoisotopic (exact) mass is 281 g/mol. The van der Waals surface area contributed by atoms with Crippen LogP contribution in [-0.4, -0.2) is 33.5 Å². The average molecular weight is 281 g/mol. The van der Waals surface area contributed by atoms with Gasteiger partial charge in [-0.2, -0.15) is 4.98 Å². The molecule has 1 saturated carbocycles. The van der Waals surface area contributed by atoms with Crippen molar-refractivity contribution in [1.29, 1.82) is 0 Å². The van der Waals surface area contributed by atoms with E-state index in [0.717, 1.165) is 24.6 Å². The second-order valence-electron chi connectivity index (χ2n) is 4.53. The molecule has 0 aliphatic heterocycles. The molecule has 19 heavy (non-hydrogen) atoms. The maximum absolute atomic E-state index is 11.6. The molecule has 6 nitrogen and oxygen atoms in total.